The first-order valence-corrected chi connectivity index (χ1v) is 14.7. The first-order chi connectivity index (χ1) is 22.4. The standard InChI is InChI=1S/C30H37F4N7O2/c1-2-40-23(8-11-35-40)28(43)39-27(20-6-9-29(31,32)10-7-20)22-17-41-24(37-22)13-21(16-36-41)26(19-4-3-5-19)38-25(42)12-18-14-30(33,34)15-18/h8,11,13,16-20,26-27H,2-7,9-10,12,14-15H2,1H3,(H,38,42)(H,39,43)/t26-,27-/m0/s1/i1D3,2D2. The summed E-state index contributed by atoms with van der Waals surface area (Å²) < 4.78 is 95.8. The molecule has 3 aliphatic carbocycles. The Morgan fingerprint density at radius 3 is 2.49 bits per heavy atom. The summed E-state index contributed by atoms with van der Waals surface area (Å²) in [6.45, 7) is -6.15. The number of amides is 2. The number of fused-ring (bicyclic) bond motifs is 1. The zero-order valence-electron chi connectivity index (χ0n) is 28.4. The molecule has 0 aromatic carbocycles. The van der Waals surface area contributed by atoms with Gasteiger partial charge in [0.2, 0.25) is 17.8 Å². The van der Waals surface area contributed by atoms with Gasteiger partial charge in [-0.1, -0.05) is 6.42 Å². The molecule has 6 rings (SSSR count). The highest BCUT2D eigenvalue weighted by atomic mass is 19.3. The van der Waals surface area contributed by atoms with Crippen LogP contribution < -0.4 is 10.6 Å². The number of aromatic nitrogens is 5. The van der Waals surface area contributed by atoms with Crippen LogP contribution in [0.1, 0.15) is 112 Å². The van der Waals surface area contributed by atoms with Crippen LogP contribution in [0.2, 0.25) is 0 Å². The summed E-state index contributed by atoms with van der Waals surface area (Å²) in [6, 6.07) is 1.59. The van der Waals surface area contributed by atoms with Crippen molar-refractivity contribution < 1.29 is 34.0 Å². The van der Waals surface area contributed by atoms with Crippen molar-refractivity contribution in [3.05, 3.63) is 47.7 Å². The molecule has 3 aromatic heterocycles. The Hall–Kier alpha value is -3.51. The van der Waals surface area contributed by atoms with Gasteiger partial charge in [-0.2, -0.15) is 10.2 Å². The second-order valence-electron chi connectivity index (χ2n) is 12.2. The number of imidazole rings is 1. The van der Waals surface area contributed by atoms with Crippen molar-refractivity contribution in [2.75, 3.05) is 0 Å². The van der Waals surface area contributed by atoms with Crippen molar-refractivity contribution >= 4 is 17.5 Å². The van der Waals surface area contributed by atoms with Crippen LogP contribution in [0.3, 0.4) is 0 Å². The van der Waals surface area contributed by atoms with Crippen molar-refractivity contribution in [3.8, 4) is 0 Å². The van der Waals surface area contributed by atoms with E-state index in [1.807, 2.05) is 0 Å². The van der Waals surface area contributed by atoms with E-state index >= 15 is 0 Å². The van der Waals surface area contributed by atoms with Gasteiger partial charge in [0.1, 0.15) is 5.69 Å². The van der Waals surface area contributed by atoms with Gasteiger partial charge in [0, 0.05) is 48.9 Å². The number of aryl methyl sites for hydroxylation is 1. The predicted octanol–water partition coefficient (Wildman–Crippen LogP) is 5.64. The average molecular weight is 609 g/mol. The third kappa shape index (κ3) is 6.40. The van der Waals surface area contributed by atoms with E-state index in [-0.39, 0.29) is 55.5 Å². The van der Waals surface area contributed by atoms with E-state index in [0.29, 0.717) is 21.6 Å². The van der Waals surface area contributed by atoms with Crippen molar-refractivity contribution in [1.29, 1.82) is 0 Å². The number of alkyl halides is 4. The minimum Gasteiger partial charge on any atom is -0.349 e. The number of hydrogen-bond donors (Lipinski definition) is 2. The van der Waals surface area contributed by atoms with Gasteiger partial charge < -0.3 is 10.6 Å². The number of carbonyl (C=O) groups excluding carboxylic acids is 2. The van der Waals surface area contributed by atoms with Crippen LogP contribution in [0.5, 0.6) is 0 Å². The van der Waals surface area contributed by atoms with Crippen molar-refractivity contribution in [2.24, 2.45) is 17.8 Å². The monoisotopic (exact) mass is 608 g/mol. The Morgan fingerprint density at radius 1 is 1.07 bits per heavy atom. The van der Waals surface area contributed by atoms with E-state index in [9.17, 15) is 27.2 Å². The summed E-state index contributed by atoms with van der Waals surface area (Å²) in [6.07, 6.45) is 5.69. The molecule has 0 bridgehead atoms. The molecular formula is C30H37F4N7O2. The van der Waals surface area contributed by atoms with E-state index in [4.69, 9.17) is 11.8 Å². The second kappa shape index (κ2) is 11.5. The molecule has 0 aliphatic heterocycles. The summed E-state index contributed by atoms with van der Waals surface area (Å²) in [7, 11) is 0. The minimum absolute atomic E-state index is 0.0106. The average Bonchev–Trinajstić information content (AvgIpc) is 3.61. The van der Waals surface area contributed by atoms with E-state index in [1.165, 1.54) is 10.6 Å². The van der Waals surface area contributed by atoms with Crippen LogP contribution >= 0.6 is 0 Å². The topological polar surface area (TPSA) is 106 Å². The maximum absolute atomic E-state index is 14.1. The van der Waals surface area contributed by atoms with Crippen molar-refractivity contribution in [2.45, 2.75) is 101 Å². The Labute approximate surface area is 253 Å². The lowest BCUT2D eigenvalue weighted by atomic mass is 9.76. The van der Waals surface area contributed by atoms with E-state index in [0.717, 1.165) is 25.5 Å². The van der Waals surface area contributed by atoms with Gasteiger partial charge in [0.15, 0.2) is 5.65 Å². The third-order valence-electron chi connectivity index (χ3n) is 9.13. The molecular weight excluding hydrogens is 566 g/mol. The lowest BCUT2D eigenvalue weighted by Gasteiger charge is -2.37. The Kier molecular flexibility index (Phi) is 6.41. The summed E-state index contributed by atoms with van der Waals surface area (Å²) >= 11 is 0. The van der Waals surface area contributed by atoms with Gasteiger partial charge in [-0.15, -0.1) is 0 Å². The second-order valence-corrected chi connectivity index (χ2v) is 12.2. The molecule has 13 heteroatoms. The summed E-state index contributed by atoms with van der Waals surface area (Å²) in [5.41, 5.74) is 0.980. The molecule has 0 unspecified atom stereocenters. The summed E-state index contributed by atoms with van der Waals surface area (Å²) in [4.78, 5) is 31.1. The molecule has 9 nitrogen and oxygen atoms in total. The zero-order chi connectivity index (χ0) is 34.6. The van der Waals surface area contributed by atoms with Crippen LogP contribution in [0.4, 0.5) is 17.6 Å². The van der Waals surface area contributed by atoms with Crippen molar-refractivity contribution in [1.82, 2.24) is 35.0 Å². The van der Waals surface area contributed by atoms with Crippen LogP contribution in [0.25, 0.3) is 5.65 Å². The molecule has 3 aliphatic rings. The third-order valence-corrected chi connectivity index (χ3v) is 9.13. The molecule has 0 spiro atoms. The highest BCUT2D eigenvalue weighted by Gasteiger charge is 2.46. The predicted molar refractivity (Wildman–Crippen MR) is 149 cm³/mol. The summed E-state index contributed by atoms with van der Waals surface area (Å²) in [5.74, 6) is -7.44. The fourth-order valence-corrected chi connectivity index (χ4v) is 6.51. The Balaban J connectivity index is 1.27. The highest BCUT2D eigenvalue weighted by Crippen LogP contribution is 2.45. The smallest absolute Gasteiger partial charge is 0.270 e. The molecule has 3 fully saturated rings. The number of nitrogens with zero attached hydrogens (tertiary/aromatic N) is 5. The molecule has 0 radical (unpaired) electrons. The van der Waals surface area contributed by atoms with Gasteiger partial charge in [-0.05, 0) is 68.0 Å². The van der Waals surface area contributed by atoms with Gasteiger partial charge >= 0.3 is 0 Å². The lowest BCUT2D eigenvalue weighted by Crippen LogP contribution is -2.41. The summed E-state index contributed by atoms with van der Waals surface area (Å²) in [5, 5.41) is 14.0. The molecule has 232 valence electrons. The number of nitrogens with one attached hydrogen (secondary N) is 2. The maximum atomic E-state index is 14.1. The van der Waals surface area contributed by atoms with Crippen LogP contribution in [0, 0.1) is 17.8 Å². The van der Waals surface area contributed by atoms with Crippen LogP contribution in [0.15, 0.2) is 30.7 Å². The Morgan fingerprint density at radius 2 is 1.81 bits per heavy atom. The van der Waals surface area contributed by atoms with Gasteiger partial charge in [-0.25, -0.2) is 27.1 Å². The van der Waals surface area contributed by atoms with Crippen molar-refractivity contribution in [3.63, 3.8) is 0 Å². The highest BCUT2D eigenvalue weighted by molar-refractivity contribution is 5.92. The molecule has 3 heterocycles. The molecule has 2 N–H and O–H groups in total. The number of hydrogen-bond acceptors (Lipinski definition) is 5. The molecule has 43 heavy (non-hydrogen) atoms. The SMILES string of the molecule is [2H]C([2H])([2H])C([2H])([2H])n1nccc1C(=O)N[C@H](c1cn2ncc([C@@H](NC(=O)CC3CC(F)(F)C3)C3CCC3)cc2n1)C1CCC(F)(F)CC1. The number of carbonyl (C=O) groups is 2. The molecule has 2 amide bonds. The molecule has 3 saturated carbocycles. The van der Waals surface area contributed by atoms with Gasteiger partial charge in [0.25, 0.3) is 5.91 Å². The van der Waals surface area contributed by atoms with Crippen LogP contribution in [-0.2, 0) is 11.3 Å². The van der Waals surface area contributed by atoms with E-state index < -0.39 is 61.9 Å². The Bertz CT molecular complexity index is 1660. The first-order valence-electron chi connectivity index (χ1n) is 17.2. The fourth-order valence-electron chi connectivity index (χ4n) is 6.51. The minimum atomic E-state index is -3.14. The molecule has 3 aromatic rings. The number of halogens is 4. The zero-order valence-corrected chi connectivity index (χ0v) is 23.4. The molecule has 0 saturated heterocycles. The number of rotatable bonds is 10. The van der Waals surface area contributed by atoms with E-state index in [2.05, 4.69) is 20.8 Å². The van der Waals surface area contributed by atoms with E-state index in [1.54, 1.807) is 18.5 Å². The fraction of sp³-hybridized carbons (Fsp3) is 0.633. The quantitative estimate of drug-likeness (QED) is 0.290. The normalized spacial score (nSPS) is 24.3. The van der Waals surface area contributed by atoms with Gasteiger partial charge in [-0.3, -0.25) is 14.3 Å². The first kappa shape index (κ1) is 23.9. The maximum Gasteiger partial charge on any atom is 0.270 e. The molecule has 2 atom stereocenters. The van der Waals surface area contributed by atoms with Crippen LogP contribution in [-0.4, -0.2) is 48.0 Å². The van der Waals surface area contributed by atoms with Gasteiger partial charge in [0.05, 0.1) is 32.9 Å². The lowest BCUT2D eigenvalue weighted by molar-refractivity contribution is -0.134. The largest absolute Gasteiger partial charge is 0.349 e.